The molecule has 144 valence electrons. The lowest BCUT2D eigenvalue weighted by Crippen LogP contribution is -2.43. The Bertz CT molecular complexity index is 278. The standard InChI is InChI=1S/C20H40N2.C2H6/c1-19(2)13-11-9-7-5-6-8-10-12-14-20(3)22-17-15-21(4)16-18-22;1-2/h19H,3,5-18H2,1-2,4H3;1-2H3. The van der Waals surface area contributed by atoms with E-state index in [1.807, 2.05) is 13.8 Å². The molecule has 1 aliphatic heterocycles. The molecule has 2 heteroatoms. The summed E-state index contributed by atoms with van der Waals surface area (Å²) in [4.78, 5) is 4.90. The predicted octanol–water partition coefficient (Wildman–Crippen LogP) is 6.33. The zero-order valence-corrected chi connectivity index (χ0v) is 17.6. The molecular formula is C22H46N2. The average Bonchev–Trinajstić information content (AvgIpc) is 2.58. The fraction of sp³-hybridized carbons (Fsp3) is 0.909. The number of unbranched alkanes of at least 4 members (excludes halogenated alkanes) is 7. The third kappa shape index (κ3) is 12.9. The molecule has 0 aromatic heterocycles. The van der Waals surface area contributed by atoms with Crippen molar-refractivity contribution in [3.63, 3.8) is 0 Å². The summed E-state index contributed by atoms with van der Waals surface area (Å²) < 4.78 is 0. The quantitative estimate of drug-likeness (QED) is 0.384. The third-order valence-corrected chi connectivity index (χ3v) is 4.95. The topological polar surface area (TPSA) is 6.48 Å². The Morgan fingerprint density at radius 3 is 1.75 bits per heavy atom. The maximum absolute atomic E-state index is 4.29. The summed E-state index contributed by atoms with van der Waals surface area (Å²) in [6, 6.07) is 0. The maximum atomic E-state index is 4.29. The molecule has 0 aliphatic carbocycles. The highest BCUT2D eigenvalue weighted by Crippen LogP contribution is 2.16. The molecule has 0 aromatic rings. The predicted molar refractivity (Wildman–Crippen MR) is 111 cm³/mol. The van der Waals surface area contributed by atoms with Gasteiger partial charge in [0.25, 0.3) is 0 Å². The molecule has 0 aromatic carbocycles. The van der Waals surface area contributed by atoms with Crippen LogP contribution >= 0.6 is 0 Å². The first-order valence-electron chi connectivity index (χ1n) is 10.7. The van der Waals surface area contributed by atoms with Crippen LogP contribution in [0.25, 0.3) is 0 Å². The molecule has 0 atom stereocenters. The van der Waals surface area contributed by atoms with Crippen molar-refractivity contribution < 1.29 is 0 Å². The molecule has 0 saturated carbocycles. The van der Waals surface area contributed by atoms with Crippen LogP contribution in [0.5, 0.6) is 0 Å². The normalized spacial score (nSPS) is 15.3. The highest BCUT2D eigenvalue weighted by Gasteiger charge is 2.14. The van der Waals surface area contributed by atoms with Crippen LogP contribution in [0.4, 0.5) is 0 Å². The van der Waals surface area contributed by atoms with Crippen LogP contribution in [0.1, 0.15) is 91.9 Å². The fourth-order valence-corrected chi connectivity index (χ4v) is 3.22. The summed E-state index contributed by atoms with van der Waals surface area (Å²) in [5, 5.41) is 0. The van der Waals surface area contributed by atoms with Gasteiger partial charge in [-0.15, -0.1) is 0 Å². The van der Waals surface area contributed by atoms with Gasteiger partial charge in [0.15, 0.2) is 0 Å². The maximum Gasteiger partial charge on any atom is 0.0303 e. The smallest absolute Gasteiger partial charge is 0.0303 e. The Morgan fingerprint density at radius 1 is 0.792 bits per heavy atom. The SMILES string of the molecule is C=C(CCCCCCCCCCC(C)C)N1CCN(C)CC1.CC. The molecular weight excluding hydrogens is 292 g/mol. The fourth-order valence-electron chi connectivity index (χ4n) is 3.22. The first-order valence-corrected chi connectivity index (χ1v) is 10.7. The first kappa shape index (κ1) is 23.5. The molecule has 0 bridgehead atoms. The largest absolute Gasteiger partial charge is 0.373 e. The van der Waals surface area contributed by atoms with E-state index in [4.69, 9.17) is 0 Å². The van der Waals surface area contributed by atoms with E-state index in [-0.39, 0.29) is 0 Å². The van der Waals surface area contributed by atoms with Gasteiger partial charge in [0, 0.05) is 31.9 Å². The van der Waals surface area contributed by atoms with Crippen LogP contribution in [0.2, 0.25) is 0 Å². The minimum Gasteiger partial charge on any atom is -0.373 e. The van der Waals surface area contributed by atoms with Gasteiger partial charge in [0.05, 0.1) is 0 Å². The summed E-state index contributed by atoms with van der Waals surface area (Å²) in [5.74, 6) is 0.883. The van der Waals surface area contributed by atoms with Gasteiger partial charge < -0.3 is 9.80 Å². The van der Waals surface area contributed by atoms with E-state index in [2.05, 4.69) is 37.3 Å². The molecule has 2 nitrogen and oxygen atoms in total. The third-order valence-electron chi connectivity index (χ3n) is 4.95. The van der Waals surface area contributed by atoms with E-state index in [1.165, 1.54) is 96.1 Å². The molecule has 0 spiro atoms. The van der Waals surface area contributed by atoms with Gasteiger partial charge in [0.1, 0.15) is 0 Å². The summed E-state index contributed by atoms with van der Waals surface area (Å²) in [7, 11) is 2.21. The molecule has 1 aliphatic rings. The number of nitrogens with zero attached hydrogens (tertiary/aromatic N) is 2. The zero-order valence-electron chi connectivity index (χ0n) is 17.6. The van der Waals surface area contributed by atoms with Crippen LogP contribution in [0.3, 0.4) is 0 Å². The molecule has 1 saturated heterocycles. The molecule has 24 heavy (non-hydrogen) atoms. The minimum atomic E-state index is 0.883. The Kier molecular flexibility index (Phi) is 15.7. The molecule has 0 amide bonds. The summed E-state index contributed by atoms with van der Waals surface area (Å²) in [5.41, 5.74) is 1.38. The summed E-state index contributed by atoms with van der Waals surface area (Å²) in [6.07, 6.45) is 14.0. The number of hydrogen-bond acceptors (Lipinski definition) is 2. The zero-order chi connectivity index (χ0) is 18.2. The molecule has 1 fully saturated rings. The van der Waals surface area contributed by atoms with Gasteiger partial charge in [-0.05, 0) is 25.8 Å². The number of hydrogen-bond donors (Lipinski definition) is 0. The van der Waals surface area contributed by atoms with Crippen LogP contribution in [-0.2, 0) is 0 Å². The van der Waals surface area contributed by atoms with Crippen LogP contribution in [0, 0.1) is 5.92 Å². The van der Waals surface area contributed by atoms with E-state index >= 15 is 0 Å². The van der Waals surface area contributed by atoms with Gasteiger partial charge in [-0.1, -0.05) is 85.6 Å². The Morgan fingerprint density at radius 2 is 1.25 bits per heavy atom. The van der Waals surface area contributed by atoms with Crippen molar-refractivity contribution in [2.24, 2.45) is 5.92 Å². The molecule has 1 rings (SSSR count). The van der Waals surface area contributed by atoms with E-state index < -0.39 is 0 Å². The second kappa shape index (κ2) is 16.0. The Hall–Kier alpha value is -0.500. The van der Waals surface area contributed by atoms with Crippen molar-refractivity contribution in [1.82, 2.24) is 9.80 Å². The van der Waals surface area contributed by atoms with Crippen molar-refractivity contribution in [2.75, 3.05) is 33.2 Å². The lowest BCUT2D eigenvalue weighted by molar-refractivity contribution is 0.182. The Balaban J connectivity index is 0.00000254. The number of likely N-dealkylation sites (N-methyl/N-ethyl adjacent to an activating group) is 1. The van der Waals surface area contributed by atoms with Gasteiger partial charge in [0.2, 0.25) is 0 Å². The second-order valence-corrected chi connectivity index (χ2v) is 7.62. The lowest BCUT2D eigenvalue weighted by Gasteiger charge is -2.35. The van der Waals surface area contributed by atoms with E-state index in [0.717, 1.165) is 5.92 Å². The van der Waals surface area contributed by atoms with Crippen molar-refractivity contribution in [3.05, 3.63) is 12.3 Å². The lowest BCUT2D eigenvalue weighted by atomic mass is 10.0. The van der Waals surface area contributed by atoms with Crippen LogP contribution < -0.4 is 0 Å². The van der Waals surface area contributed by atoms with Crippen molar-refractivity contribution in [3.8, 4) is 0 Å². The van der Waals surface area contributed by atoms with Gasteiger partial charge in [-0.2, -0.15) is 0 Å². The molecule has 0 unspecified atom stereocenters. The first-order chi connectivity index (χ1) is 11.6. The molecule has 0 radical (unpaired) electrons. The number of rotatable bonds is 12. The van der Waals surface area contributed by atoms with Crippen LogP contribution in [0.15, 0.2) is 12.3 Å². The molecule has 1 heterocycles. The molecule has 0 N–H and O–H groups in total. The van der Waals surface area contributed by atoms with Crippen molar-refractivity contribution in [1.29, 1.82) is 0 Å². The van der Waals surface area contributed by atoms with Crippen molar-refractivity contribution in [2.45, 2.75) is 91.9 Å². The Labute approximate surface area is 153 Å². The van der Waals surface area contributed by atoms with Gasteiger partial charge in [-0.3, -0.25) is 0 Å². The monoisotopic (exact) mass is 338 g/mol. The summed E-state index contributed by atoms with van der Waals surface area (Å²) >= 11 is 0. The number of allylic oxidation sites excluding steroid dienone is 1. The highest BCUT2D eigenvalue weighted by atomic mass is 15.2. The van der Waals surface area contributed by atoms with Gasteiger partial charge >= 0.3 is 0 Å². The van der Waals surface area contributed by atoms with E-state index in [0.29, 0.717) is 0 Å². The van der Waals surface area contributed by atoms with Crippen LogP contribution in [-0.4, -0.2) is 43.0 Å². The highest BCUT2D eigenvalue weighted by molar-refractivity contribution is 4.95. The van der Waals surface area contributed by atoms with E-state index in [9.17, 15) is 0 Å². The van der Waals surface area contributed by atoms with E-state index in [1.54, 1.807) is 0 Å². The van der Waals surface area contributed by atoms with Crippen molar-refractivity contribution >= 4 is 0 Å². The number of piperazine rings is 1. The second-order valence-electron chi connectivity index (χ2n) is 7.62. The summed E-state index contributed by atoms with van der Waals surface area (Å²) in [6.45, 7) is 17.7. The van der Waals surface area contributed by atoms with Gasteiger partial charge in [-0.25, -0.2) is 0 Å². The average molecular weight is 339 g/mol. The minimum absolute atomic E-state index is 0.883.